The fraction of sp³-hybridized carbons (Fsp3) is 0.455. The van der Waals surface area contributed by atoms with Gasteiger partial charge in [0.2, 0.25) is 5.82 Å². The molecule has 88 valence electrons. The molecule has 0 amide bonds. The first-order valence-corrected chi connectivity index (χ1v) is 5.21. The second-order valence-corrected chi connectivity index (χ2v) is 3.98. The van der Waals surface area contributed by atoms with Gasteiger partial charge in [0.25, 0.3) is 0 Å². The van der Waals surface area contributed by atoms with E-state index in [0.717, 1.165) is 32.0 Å². The van der Waals surface area contributed by atoms with Crippen LogP contribution < -0.4 is 5.32 Å². The Morgan fingerprint density at radius 1 is 1.12 bits per heavy atom. The van der Waals surface area contributed by atoms with E-state index in [1.54, 1.807) is 0 Å². The van der Waals surface area contributed by atoms with Crippen molar-refractivity contribution in [2.24, 2.45) is 0 Å². The van der Waals surface area contributed by atoms with Crippen molar-refractivity contribution in [3.8, 4) is 11.5 Å². The number of phenols is 2. The summed E-state index contributed by atoms with van der Waals surface area (Å²) in [6.45, 7) is 1.52. The Kier molecular flexibility index (Phi) is 2.96. The Bertz CT molecular complexity index is 403. The summed E-state index contributed by atoms with van der Waals surface area (Å²) in [5.41, 5.74) is 0.245. The van der Waals surface area contributed by atoms with Gasteiger partial charge in [-0.3, -0.25) is 0 Å². The molecule has 0 unspecified atom stereocenters. The van der Waals surface area contributed by atoms with Gasteiger partial charge in [0.15, 0.2) is 17.3 Å². The van der Waals surface area contributed by atoms with Gasteiger partial charge in [0, 0.05) is 5.56 Å². The maximum atomic E-state index is 13.3. The van der Waals surface area contributed by atoms with E-state index in [9.17, 15) is 13.9 Å². The van der Waals surface area contributed by atoms with Crippen molar-refractivity contribution in [1.29, 1.82) is 0 Å². The monoisotopic (exact) mass is 229 g/mol. The number of phenolic OH excluding ortho intramolecular Hbond substituents is 2. The van der Waals surface area contributed by atoms with E-state index in [2.05, 4.69) is 5.32 Å². The highest BCUT2D eigenvalue weighted by Gasteiger charge is 2.24. The summed E-state index contributed by atoms with van der Waals surface area (Å²) in [5, 5.41) is 21.6. The summed E-state index contributed by atoms with van der Waals surface area (Å²) in [5.74, 6) is -4.11. The maximum Gasteiger partial charge on any atom is 0.209 e. The van der Waals surface area contributed by atoms with E-state index >= 15 is 0 Å². The fourth-order valence-electron chi connectivity index (χ4n) is 2.06. The van der Waals surface area contributed by atoms with Gasteiger partial charge < -0.3 is 15.5 Å². The molecule has 3 N–H and O–H groups in total. The van der Waals surface area contributed by atoms with Crippen molar-refractivity contribution in [2.75, 3.05) is 13.1 Å². The van der Waals surface area contributed by atoms with Crippen LogP contribution in [0.1, 0.15) is 24.3 Å². The van der Waals surface area contributed by atoms with Crippen molar-refractivity contribution in [3.05, 3.63) is 23.3 Å². The van der Waals surface area contributed by atoms with Crippen LogP contribution in [0.3, 0.4) is 0 Å². The minimum Gasteiger partial charge on any atom is -0.505 e. The third kappa shape index (κ3) is 1.82. The van der Waals surface area contributed by atoms with Crippen LogP contribution >= 0.6 is 0 Å². The molecule has 1 aliphatic rings. The molecular formula is C11H13F2NO2. The van der Waals surface area contributed by atoms with E-state index in [1.165, 1.54) is 0 Å². The molecule has 0 aromatic heterocycles. The first-order valence-electron chi connectivity index (χ1n) is 5.21. The van der Waals surface area contributed by atoms with E-state index in [0.29, 0.717) is 0 Å². The number of rotatable bonds is 1. The predicted octanol–water partition coefficient (Wildman–Crippen LogP) is 1.84. The number of hydrogen-bond donors (Lipinski definition) is 3. The van der Waals surface area contributed by atoms with Crippen LogP contribution in [0.2, 0.25) is 0 Å². The molecule has 5 heteroatoms. The lowest BCUT2D eigenvalue weighted by molar-refractivity contribution is 0.354. The van der Waals surface area contributed by atoms with Crippen LogP contribution in [0.15, 0.2) is 6.07 Å². The Morgan fingerprint density at radius 3 is 2.38 bits per heavy atom. The fourth-order valence-corrected chi connectivity index (χ4v) is 2.06. The van der Waals surface area contributed by atoms with Crippen LogP contribution in [0.5, 0.6) is 11.5 Å². The molecule has 3 nitrogen and oxygen atoms in total. The number of aromatic hydroxyl groups is 2. The largest absolute Gasteiger partial charge is 0.505 e. The van der Waals surface area contributed by atoms with Crippen molar-refractivity contribution in [1.82, 2.24) is 5.32 Å². The summed E-state index contributed by atoms with van der Waals surface area (Å²) in [6, 6.07) is 1.02. The Balaban J connectivity index is 2.40. The van der Waals surface area contributed by atoms with Crippen molar-refractivity contribution >= 4 is 0 Å². The molecule has 0 bridgehead atoms. The number of nitrogens with one attached hydrogen (secondary N) is 1. The number of benzene rings is 1. The lowest BCUT2D eigenvalue weighted by atomic mass is 9.89. The number of piperidine rings is 1. The number of halogens is 2. The van der Waals surface area contributed by atoms with Crippen LogP contribution in [0.4, 0.5) is 8.78 Å². The predicted molar refractivity (Wildman–Crippen MR) is 54.5 cm³/mol. The van der Waals surface area contributed by atoms with Crippen LogP contribution in [-0.2, 0) is 0 Å². The average molecular weight is 229 g/mol. The van der Waals surface area contributed by atoms with Gasteiger partial charge in [-0.1, -0.05) is 0 Å². The Labute approximate surface area is 91.7 Å². The molecule has 1 aliphatic heterocycles. The lowest BCUT2D eigenvalue weighted by Crippen LogP contribution is -2.26. The second-order valence-electron chi connectivity index (χ2n) is 3.98. The maximum absolute atomic E-state index is 13.3. The SMILES string of the molecule is Oc1c(F)cc(C2CCNCC2)c(O)c1F. The van der Waals surface area contributed by atoms with Gasteiger partial charge in [0.1, 0.15) is 0 Å². The third-order valence-corrected chi connectivity index (χ3v) is 2.98. The quantitative estimate of drug-likeness (QED) is 0.688. The highest BCUT2D eigenvalue weighted by Crippen LogP contribution is 2.38. The summed E-state index contributed by atoms with van der Waals surface area (Å²) in [4.78, 5) is 0. The van der Waals surface area contributed by atoms with Crippen LogP contribution in [0, 0.1) is 11.6 Å². The molecule has 16 heavy (non-hydrogen) atoms. The van der Waals surface area contributed by atoms with Crippen molar-refractivity contribution < 1.29 is 19.0 Å². The summed E-state index contributed by atoms with van der Waals surface area (Å²) in [7, 11) is 0. The molecule has 0 atom stereocenters. The van der Waals surface area contributed by atoms with E-state index in [4.69, 9.17) is 5.11 Å². The molecule has 1 saturated heterocycles. The summed E-state index contributed by atoms with van der Waals surface area (Å²) < 4.78 is 26.4. The van der Waals surface area contributed by atoms with E-state index in [1.807, 2.05) is 0 Å². The van der Waals surface area contributed by atoms with Gasteiger partial charge in [-0.25, -0.2) is 4.39 Å². The lowest BCUT2D eigenvalue weighted by Gasteiger charge is -2.24. The summed E-state index contributed by atoms with van der Waals surface area (Å²) >= 11 is 0. The van der Waals surface area contributed by atoms with Crippen LogP contribution in [0.25, 0.3) is 0 Å². The first kappa shape index (κ1) is 11.1. The smallest absolute Gasteiger partial charge is 0.209 e. The molecule has 2 rings (SSSR count). The van der Waals surface area contributed by atoms with Crippen molar-refractivity contribution in [2.45, 2.75) is 18.8 Å². The zero-order chi connectivity index (χ0) is 11.7. The molecule has 0 saturated carbocycles. The second kappa shape index (κ2) is 4.25. The molecule has 1 aromatic carbocycles. The Morgan fingerprint density at radius 2 is 1.75 bits per heavy atom. The normalized spacial score (nSPS) is 17.6. The third-order valence-electron chi connectivity index (χ3n) is 2.98. The minimum absolute atomic E-state index is 0.0640. The van der Waals surface area contributed by atoms with E-state index < -0.39 is 23.1 Å². The summed E-state index contributed by atoms with van der Waals surface area (Å²) in [6.07, 6.45) is 1.44. The highest BCUT2D eigenvalue weighted by atomic mass is 19.1. The van der Waals surface area contributed by atoms with E-state index in [-0.39, 0.29) is 11.5 Å². The standard InChI is InChI=1S/C11H13F2NO2/c12-8-5-7(6-1-3-14-4-2-6)10(15)9(13)11(8)16/h5-6,14-16H,1-4H2. The van der Waals surface area contributed by atoms with Crippen molar-refractivity contribution in [3.63, 3.8) is 0 Å². The Hall–Kier alpha value is -1.36. The topological polar surface area (TPSA) is 52.5 Å². The molecular weight excluding hydrogens is 216 g/mol. The van der Waals surface area contributed by atoms with Crippen LogP contribution in [-0.4, -0.2) is 23.3 Å². The molecule has 0 aliphatic carbocycles. The molecule has 1 heterocycles. The number of hydrogen-bond acceptors (Lipinski definition) is 3. The van der Waals surface area contributed by atoms with Gasteiger partial charge in [-0.2, -0.15) is 4.39 Å². The first-order chi connectivity index (χ1) is 7.61. The zero-order valence-electron chi connectivity index (χ0n) is 8.63. The van der Waals surface area contributed by atoms with Gasteiger partial charge >= 0.3 is 0 Å². The minimum atomic E-state index is -1.27. The zero-order valence-corrected chi connectivity index (χ0v) is 8.63. The van der Waals surface area contributed by atoms with Gasteiger partial charge in [-0.15, -0.1) is 0 Å². The molecule has 1 aromatic rings. The molecule has 0 spiro atoms. The highest BCUT2D eigenvalue weighted by molar-refractivity contribution is 5.44. The van der Waals surface area contributed by atoms with Gasteiger partial charge in [0.05, 0.1) is 0 Å². The molecule has 1 fully saturated rings. The van der Waals surface area contributed by atoms with Gasteiger partial charge in [-0.05, 0) is 37.9 Å². The molecule has 0 radical (unpaired) electrons. The average Bonchev–Trinajstić information content (AvgIpc) is 2.32.